The van der Waals surface area contributed by atoms with Crippen molar-refractivity contribution >= 4 is 0 Å². The number of hydrogen-bond donors (Lipinski definition) is 2. The highest BCUT2D eigenvalue weighted by Crippen LogP contribution is 2.54. The standard InChI is InChI=1S/C16H21N3O/c1-19-11-13(10-18-19)9-17-12-16(7-8-16)15(20)14-5-3-2-4-6-14/h2-6,10-11,15,17,20H,7-9,12H2,1H3. The highest BCUT2D eigenvalue weighted by atomic mass is 16.3. The summed E-state index contributed by atoms with van der Waals surface area (Å²) in [6.45, 7) is 1.65. The average molecular weight is 271 g/mol. The lowest BCUT2D eigenvalue weighted by Gasteiger charge is -2.23. The number of nitrogens with one attached hydrogen (secondary N) is 1. The number of aliphatic hydroxyl groups excluding tert-OH is 1. The van der Waals surface area contributed by atoms with Crippen molar-refractivity contribution in [3.05, 3.63) is 53.9 Å². The summed E-state index contributed by atoms with van der Waals surface area (Å²) in [5, 5.41) is 18.2. The molecule has 2 N–H and O–H groups in total. The third-order valence-electron chi connectivity index (χ3n) is 4.15. The molecule has 1 saturated carbocycles. The molecule has 1 atom stereocenters. The molecule has 20 heavy (non-hydrogen) atoms. The second kappa shape index (κ2) is 5.38. The lowest BCUT2D eigenvalue weighted by Crippen LogP contribution is -2.28. The highest BCUT2D eigenvalue weighted by Gasteiger charge is 2.48. The van der Waals surface area contributed by atoms with Gasteiger partial charge in [-0.2, -0.15) is 5.10 Å². The van der Waals surface area contributed by atoms with E-state index < -0.39 is 0 Å². The lowest BCUT2D eigenvalue weighted by atomic mass is 9.92. The Labute approximate surface area is 119 Å². The summed E-state index contributed by atoms with van der Waals surface area (Å²) in [5.41, 5.74) is 2.22. The molecule has 1 heterocycles. The van der Waals surface area contributed by atoms with Crippen LogP contribution in [0.1, 0.15) is 30.1 Å². The summed E-state index contributed by atoms with van der Waals surface area (Å²) >= 11 is 0. The zero-order chi connectivity index (χ0) is 14.0. The summed E-state index contributed by atoms with van der Waals surface area (Å²) in [6.07, 6.45) is 5.69. The molecule has 0 radical (unpaired) electrons. The van der Waals surface area contributed by atoms with E-state index in [1.165, 1.54) is 5.56 Å². The smallest absolute Gasteiger partial charge is 0.0858 e. The maximum atomic E-state index is 10.6. The Morgan fingerprint density at radius 1 is 1.35 bits per heavy atom. The third-order valence-corrected chi connectivity index (χ3v) is 4.15. The number of aryl methyl sites for hydroxylation is 1. The van der Waals surface area contributed by atoms with Crippen molar-refractivity contribution in [1.29, 1.82) is 0 Å². The van der Waals surface area contributed by atoms with E-state index in [-0.39, 0.29) is 11.5 Å². The van der Waals surface area contributed by atoms with Crippen LogP contribution in [0.2, 0.25) is 0 Å². The summed E-state index contributed by atoms with van der Waals surface area (Å²) in [6, 6.07) is 9.96. The molecule has 0 saturated heterocycles. The van der Waals surface area contributed by atoms with Crippen LogP contribution in [0.15, 0.2) is 42.7 Å². The first kappa shape index (κ1) is 13.3. The molecule has 3 rings (SSSR count). The molecule has 4 heteroatoms. The normalized spacial score (nSPS) is 17.9. The Morgan fingerprint density at radius 3 is 2.70 bits per heavy atom. The van der Waals surface area contributed by atoms with Gasteiger partial charge in [0.1, 0.15) is 0 Å². The van der Waals surface area contributed by atoms with Gasteiger partial charge in [-0.1, -0.05) is 30.3 Å². The Kier molecular flexibility index (Phi) is 3.59. The van der Waals surface area contributed by atoms with Crippen molar-refractivity contribution in [3.63, 3.8) is 0 Å². The van der Waals surface area contributed by atoms with Gasteiger partial charge in [-0.25, -0.2) is 0 Å². The van der Waals surface area contributed by atoms with Crippen LogP contribution in [0.25, 0.3) is 0 Å². The van der Waals surface area contributed by atoms with Gasteiger partial charge in [-0.05, 0) is 18.4 Å². The van der Waals surface area contributed by atoms with E-state index in [0.29, 0.717) is 0 Å². The van der Waals surface area contributed by atoms with E-state index in [9.17, 15) is 5.11 Å². The molecule has 0 amide bonds. The molecule has 4 nitrogen and oxygen atoms in total. The number of benzene rings is 1. The quantitative estimate of drug-likeness (QED) is 0.845. The number of nitrogens with zero attached hydrogens (tertiary/aromatic N) is 2. The summed E-state index contributed by atoms with van der Waals surface area (Å²) in [4.78, 5) is 0. The molecule has 0 bridgehead atoms. The van der Waals surface area contributed by atoms with Crippen molar-refractivity contribution in [2.75, 3.05) is 6.54 Å². The lowest BCUT2D eigenvalue weighted by molar-refractivity contribution is 0.0917. The van der Waals surface area contributed by atoms with Crippen LogP contribution in [0.4, 0.5) is 0 Å². The average Bonchev–Trinajstić information content (AvgIpc) is 3.15. The van der Waals surface area contributed by atoms with Crippen LogP contribution in [-0.4, -0.2) is 21.4 Å². The highest BCUT2D eigenvalue weighted by molar-refractivity contribution is 5.22. The SMILES string of the molecule is Cn1cc(CNCC2(C(O)c3ccccc3)CC2)cn1. The predicted octanol–water partition coefficient (Wildman–Crippen LogP) is 2.02. The number of aliphatic hydroxyl groups is 1. The van der Waals surface area contributed by atoms with E-state index in [1.54, 1.807) is 0 Å². The van der Waals surface area contributed by atoms with E-state index >= 15 is 0 Å². The van der Waals surface area contributed by atoms with Crippen molar-refractivity contribution in [1.82, 2.24) is 15.1 Å². The van der Waals surface area contributed by atoms with Gasteiger partial charge in [0.15, 0.2) is 0 Å². The monoisotopic (exact) mass is 271 g/mol. The molecule has 1 unspecified atom stereocenters. The van der Waals surface area contributed by atoms with Crippen LogP contribution in [0.3, 0.4) is 0 Å². The first-order chi connectivity index (χ1) is 9.70. The largest absolute Gasteiger partial charge is 0.388 e. The van der Waals surface area contributed by atoms with E-state index in [0.717, 1.165) is 31.5 Å². The summed E-state index contributed by atoms with van der Waals surface area (Å²) in [7, 11) is 1.92. The summed E-state index contributed by atoms with van der Waals surface area (Å²) < 4.78 is 1.81. The Balaban J connectivity index is 1.57. The Bertz CT molecular complexity index is 560. The van der Waals surface area contributed by atoms with Crippen LogP contribution in [0.5, 0.6) is 0 Å². The minimum absolute atomic E-state index is 0.0174. The second-order valence-electron chi connectivity index (χ2n) is 5.80. The van der Waals surface area contributed by atoms with Gasteiger partial charge in [0, 0.05) is 37.3 Å². The molecule has 1 aromatic heterocycles. The Morgan fingerprint density at radius 2 is 2.10 bits per heavy atom. The molecule has 2 aromatic rings. The van der Waals surface area contributed by atoms with Gasteiger partial charge >= 0.3 is 0 Å². The first-order valence-corrected chi connectivity index (χ1v) is 7.11. The van der Waals surface area contributed by atoms with Crippen molar-refractivity contribution < 1.29 is 5.11 Å². The molecule has 106 valence electrons. The molecule has 1 fully saturated rings. The molecule has 1 aliphatic carbocycles. The van der Waals surface area contributed by atoms with E-state index in [4.69, 9.17) is 0 Å². The fourth-order valence-electron chi connectivity index (χ4n) is 2.72. The molecule has 0 spiro atoms. The fourth-order valence-corrected chi connectivity index (χ4v) is 2.72. The minimum atomic E-state index is -0.370. The number of aromatic nitrogens is 2. The number of rotatable bonds is 6. The van der Waals surface area contributed by atoms with Crippen LogP contribution < -0.4 is 5.32 Å². The number of hydrogen-bond acceptors (Lipinski definition) is 3. The van der Waals surface area contributed by atoms with Crippen LogP contribution >= 0.6 is 0 Å². The van der Waals surface area contributed by atoms with Gasteiger partial charge in [-0.15, -0.1) is 0 Å². The molecule has 0 aliphatic heterocycles. The maximum Gasteiger partial charge on any atom is 0.0858 e. The third kappa shape index (κ3) is 2.76. The van der Waals surface area contributed by atoms with Gasteiger partial charge in [0.25, 0.3) is 0 Å². The van der Waals surface area contributed by atoms with E-state index in [1.807, 2.05) is 54.5 Å². The molecular formula is C16H21N3O. The molecular weight excluding hydrogens is 250 g/mol. The van der Waals surface area contributed by atoms with Gasteiger partial charge < -0.3 is 10.4 Å². The second-order valence-corrected chi connectivity index (χ2v) is 5.80. The van der Waals surface area contributed by atoms with Crippen molar-refractivity contribution in [3.8, 4) is 0 Å². The van der Waals surface area contributed by atoms with Crippen LogP contribution in [0, 0.1) is 5.41 Å². The zero-order valence-electron chi connectivity index (χ0n) is 11.8. The Hall–Kier alpha value is -1.65. The van der Waals surface area contributed by atoms with E-state index in [2.05, 4.69) is 10.4 Å². The van der Waals surface area contributed by atoms with Crippen molar-refractivity contribution in [2.24, 2.45) is 12.5 Å². The maximum absolute atomic E-state index is 10.6. The fraction of sp³-hybridized carbons (Fsp3) is 0.438. The van der Waals surface area contributed by atoms with Crippen LogP contribution in [-0.2, 0) is 13.6 Å². The minimum Gasteiger partial charge on any atom is -0.388 e. The van der Waals surface area contributed by atoms with Gasteiger partial charge in [-0.3, -0.25) is 4.68 Å². The van der Waals surface area contributed by atoms with Gasteiger partial charge in [0.2, 0.25) is 0 Å². The summed E-state index contributed by atoms with van der Waals surface area (Å²) in [5.74, 6) is 0. The zero-order valence-corrected chi connectivity index (χ0v) is 11.8. The topological polar surface area (TPSA) is 50.1 Å². The van der Waals surface area contributed by atoms with Gasteiger partial charge in [0.05, 0.1) is 12.3 Å². The predicted molar refractivity (Wildman–Crippen MR) is 78.0 cm³/mol. The first-order valence-electron chi connectivity index (χ1n) is 7.11. The molecule has 1 aromatic carbocycles. The molecule has 1 aliphatic rings. The van der Waals surface area contributed by atoms with Crippen molar-refractivity contribution in [2.45, 2.75) is 25.5 Å².